The van der Waals surface area contributed by atoms with Gasteiger partial charge in [0.15, 0.2) is 6.29 Å². The quantitative estimate of drug-likeness (QED) is 0.159. The summed E-state index contributed by atoms with van der Waals surface area (Å²) in [6, 6.07) is 0. The van der Waals surface area contributed by atoms with Crippen LogP contribution in [0.2, 0.25) is 0 Å². The molecule has 0 spiro atoms. The van der Waals surface area contributed by atoms with Gasteiger partial charge in [0.25, 0.3) is 0 Å². The van der Waals surface area contributed by atoms with Gasteiger partial charge in [-0.15, -0.1) is 6.58 Å². The fraction of sp³-hybridized carbons (Fsp3) is 0.500. The van der Waals surface area contributed by atoms with Crippen LogP contribution >= 0.6 is 0 Å². The second-order valence-corrected chi connectivity index (χ2v) is 8.71. The predicted molar refractivity (Wildman–Crippen MR) is 124 cm³/mol. The number of aliphatic hydroxyl groups is 5. The molecule has 0 aromatic heterocycles. The molecule has 3 aliphatic rings. The molecule has 0 aliphatic carbocycles. The van der Waals surface area contributed by atoms with Crippen LogP contribution < -0.4 is 0 Å². The van der Waals surface area contributed by atoms with Crippen molar-refractivity contribution in [2.75, 3.05) is 26.3 Å². The van der Waals surface area contributed by atoms with Crippen molar-refractivity contribution in [2.45, 2.75) is 37.0 Å². The zero-order valence-corrected chi connectivity index (χ0v) is 19.7. The van der Waals surface area contributed by atoms with Gasteiger partial charge in [0, 0.05) is 25.2 Å². The normalized spacial score (nSPS) is 34.3. The molecule has 13 nitrogen and oxygen atoms in total. The summed E-state index contributed by atoms with van der Waals surface area (Å²) in [5, 5.41) is 68.1. The monoisotopic (exact) mass is 525 g/mol. The molecule has 3 heterocycles. The standard InChI is InChI=1S/C24H31NO12/c1-2-14-15(4-3-12-7-13(21(31)32)9-25(8-12)5-6-26)16(22(33)34)11-35-23(14)37-24-20(30)19(29)18(28)17(10-27)36-24/h2-4,7-8,11,14-15,17-20,23-24,26-30H,1,5-6,9-10H2,(H,31,32)(H,33,34). The lowest BCUT2D eigenvalue weighted by atomic mass is 9.83. The van der Waals surface area contributed by atoms with E-state index in [0.29, 0.717) is 5.57 Å². The third-order valence-electron chi connectivity index (χ3n) is 6.26. The number of carbonyl (C=O) groups is 2. The van der Waals surface area contributed by atoms with E-state index in [0.717, 1.165) is 6.26 Å². The first-order chi connectivity index (χ1) is 17.6. The van der Waals surface area contributed by atoms with Gasteiger partial charge in [-0.05, 0) is 11.6 Å². The highest BCUT2D eigenvalue weighted by atomic mass is 16.8. The molecular formula is C24H31NO12. The Bertz CT molecular complexity index is 986. The van der Waals surface area contributed by atoms with E-state index >= 15 is 0 Å². The van der Waals surface area contributed by atoms with Gasteiger partial charge < -0.3 is 54.9 Å². The molecule has 0 bridgehead atoms. The Morgan fingerprint density at radius 3 is 2.43 bits per heavy atom. The fourth-order valence-corrected chi connectivity index (χ4v) is 4.27. The second kappa shape index (κ2) is 12.5. The Morgan fingerprint density at radius 1 is 1.11 bits per heavy atom. The number of β-amino-alcohol motifs (C(OH)–C–C–N with tert-alkyl or cyclic N) is 1. The van der Waals surface area contributed by atoms with Crippen LogP contribution in [0.3, 0.4) is 0 Å². The molecule has 8 unspecified atom stereocenters. The van der Waals surface area contributed by atoms with Crippen LogP contribution in [0.15, 0.2) is 60.1 Å². The zero-order chi connectivity index (χ0) is 27.3. The van der Waals surface area contributed by atoms with Gasteiger partial charge in [0.1, 0.15) is 24.4 Å². The number of hydrogen-bond acceptors (Lipinski definition) is 11. The van der Waals surface area contributed by atoms with E-state index in [4.69, 9.17) is 14.2 Å². The number of rotatable bonds is 10. The highest BCUT2D eigenvalue weighted by Crippen LogP contribution is 2.36. The van der Waals surface area contributed by atoms with Crippen LogP contribution in [-0.2, 0) is 23.8 Å². The maximum absolute atomic E-state index is 11.9. The highest BCUT2D eigenvalue weighted by molar-refractivity contribution is 5.88. The molecule has 0 aromatic carbocycles. The first kappa shape index (κ1) is 28.5. The average molecular weight is 526 g/mol. The largest absolute Gasteiger partial charge is 0.478 e. The maximum Gasteiger partial charge on any atom is 0.335 e. The molecule has 3 rings (SSSR count). The molecule has 0 radical (unpaired) electrons. The van der Waals surface area contributed by atoms with E-state index in [1.165, 1.54) is 24.3 Å². The number of hydrogen-bond donors (Lipinski definition) is 7. The summed E-state index contributed by atoms with van der Waals surface area (Å²) < 4.78 is 16.5. The summed E-state index contributed by atoms with van der Waals surface area (Å²) >= 11 is 0. The number of carboxylic acid groups (broad SMARTS) is 2. The first-order valence-corrected chi connectivity index (χ1v) is 11.5. The Hall–Kier alpha value is -3.04. The van der Waals surface area contributed by atoms with Gasteiger partial charge in [0.2, 0.25) is 6.29 Å². The van der Waals surface area contributed by atoms with E-state index in [1.54, 1.807) is 11.1 Å². The van der Waals surface area contributed by atoms with E-state index in [9.17, 15) is 45.3 Å². The summed E-state index contributed by atoms with van der Waals surface area (Å²) in [5.41, 5.74) is 0.379. The fourth-order valence-electron chi connectivity index (χ4n) is 4.27. The lowest BCUT2D eigenvalue weighted by molar-refractivity contribution is -0.338. The van der Waals surface area contributed by atoms with E-state index in [2.05, 4.69) is 6.58 Å². The van der Waals surface area contributed by atoms with Crippen molar-refractivity contribution in [3.63, 3.8) is 0 Å². The van der Waals surface area contributed by atoms with Gasteiger partial charge >= 0.3 is 11.9 Å². The Labute approximate surface area is 212 Å². The third kappa shape index (κ3) is 6.45. The second-order valence-electron chi connectivity index (χ2n) is 8.71. The average Bonchev–Trinajstić information content (AvgIpc) is 2.87. The topological polar surface area (TPSA) is 207 Å². The number of aliphatic hydroxyl groups excluding tert-OH is 5. The summed E-state index contributed by atoms with van der Waals surface area (Å²) in [6.45, 7) is 3.16. The van der Waals surface area contributed by atoms with Crippen LogP contribution in [0.5, 0.6) is 0 Å². The zero-order valence-electron chi connectivity index (χ0n) is 19.7. The Balaban J connectivity index is 1.87. The maximum atomic E-state index is 11.9. The molecule has 1 saturated heterocycles. The minimum absolute atomic E-state index is 0.0840. The molecule has 3 aliphatic heterocycles. The number of ether oxygens (including phenoxy) is 3. The predicted octanol–water partition coefficient (Wildman–Crippen LogP) is -1.69. The van der Waals surface area contributed by atoms with Crippen molar-refractivity contribution >= 4 is 11.9 Å². The third-order valence-corrected chi connectivity index (χ3v) is 6.26. The van der Waals surface area contributed by atoms with Gasteiger partial charge in [-0.1, -0.05) is 18.2 Å². The van der Waals surface area contributed by atoms with Crippen LogP contribution in [0.25, 0.3) is 0 Å². The number of aliphatic carboxylic acids is 2. The summed E-state index contributed by atoms with van der Waals surface area (Å²) in [4.78, 5) is 25.0. The number of carboxylic acids is 2. The van der Waals surface area contributed by atoms with Gasteiger partial charge in [0.05, 0.1) is 36.5 Å². The molecule has 7 N–H and O–H groups in total. The van der Waals surface area contributed by atoms with Gasteiger partial charge in [-0.3, -0.25) is 0 Å². The van der Waals surface area contributed by atoms with Crippen molar-refractivity contribution in [2.24, 2.45) is 11.8 Å². The molecule has 1 fully saturated rings. The lowest BCUT2D eigenvalue weighted by Gasteiger charge is -2.42. The van der Waals surface area contributed by atoms with E-state index < -0.39 is 67.4 Å². The molecule has 0 saturated carbocycles. The van der Waals surface area contributed by atoms with Gasteiger partial charge in [-0.2, -0.15) is 0 Å². The Kier molecular flexibility index (Phi) is 9.62. The van der Waals surface area contributed by atoms with E-state index in [1.807, 2.05) is 0 Å². The van der Waals surface area contributed by atoms with Crippen LogP contribution in [0.1, 0.15) is 0 Å². The molecule has 37 heavy (non-hydrogen) atoms. The molecule has 13 heteroatoms. The van der Waals surface area contributed by atoms with Gasteiger partial charge in [-0.25, -0.2) is 9.59 Å². The molecular weight excluding hydrogens is 494 g/mol. The summed E-state index contributed by atoms with van der Waals surface area (Å²) in [7, 11) is 0. The van der Waals surface area contributed by atoms with Crippen LogP contribution in [-0.4, -0.2) is 116 Å². The smallest absolute Gasteiger partial charge is 0.335 e. The molecule has 0 aromatic rings. The highest BCUT2D eigenvalue weighted by Gasteiger charge is 2.47. The molecule has 8 atom stereocenters. The number of nitrogens with zero attached hydrogens (tertiary/aromatic N) is 1. The van der Waals surface area contributed by atoms with Crippen molar-refractivity contribution < 1.29 is 59.5 Å². The Morgan fingerprint density at radius 2 is 1.84 bits per heavy atom. The summed E-state index contributed by atoms with van der Waals surface area (Å²) in [5.74, 6) is -4.14. The molecule has 204 valence electrons. The van der Waals surface area contributed by atoms with Crippen molar-refractivity contribution in [3.8, 4) is 0 Å². The SMILES string of the molecule is C=CC1C(OC2OC(CO)C(O)C(O)C2O)OC=C(C(=O)O)C1C=CC1=CN(CCO)CC(C(=O)O)=C1. The van der Waals surface area contributed by atoms with Crippen LogP contribution in [0.4, 0.5) is 0 Å². The molecule has 0 amide bonds. The lowest BCUT2D eigenvalue weighted by Crippen LogP contribution is -2.60. The van der Waals surface area contributed by atoms with Crippen molar-refractivity contribution in [1.82, 2.24) is 4.90 Å². The number of allylic oxidation sites excluding steroid dienone is 4. The summed E-state index contributed by atoms with van der Waals surface area (Å²) in [6.07, 6.45) is -0.497. The van der Waals surface area contributed by atoms with Crippen molar-refractivity contribution in [1.29, 1.82) is 0 Å². The van der Waals surface area contributed by atoms with Crippen molar-refractivity contribution in [3.05, 3.63) is 60.1 Å². The first-order valence-electron chi connectivity index (χ1n) is 11.5. The van der Waals surface area contributed by atoms with Crippen LogP contribution in [0, 0.1) is 11.8 Å². The minimum atomic E-state index is -1.70. The van der Waals surface area contributed by atoms with E-state index in [-0.39, 0.29) is 30.8 Å². The minimum Gasteiger partial charge on any atom is -0.478 e.